The quantitative estimate of drug-likeness (QED) is 0.790. The van der Waals surface area contributed by atoms with Crippen LogP contribution in [0, 0.1) is 12.3 Å². The van der Waals surface area contributed by atoms with E-state index in [0.29, 0.717) is 23.7 Å². The zero-order valence-corrected chi connectivity index (χ0v) is 12.6. The molecule has 0 atom stereocenters. The van der Waals surface area contributed by atoms with Gasteiger partial charge in [0.15, 0.2) is 0 Å². The Kier molecular flexibility index (Phi) is 5.51. The van der Waals surface area contributed by atoms with Crippen molar-refractivity contribution in [3.05, 3.63) is 23.0 Å². The third kappa shape index (κ3) is 3.70. The Balaban J connectivity index is 2.80. The molecule has 0 fully saturated rings. The fourth-order valence-electron chi connectivity index (χ4n) is 2.02. The van der Waals surface area contributed by atoms with Crippen LogP contribution in [-0.4, -0.2) is 22.0 Å². The number of hydrogen-bond acceptors (Lipinski definition) is 3. The maximum Gasteiger partial charge on any atom is 0.310 e. The molecule has 0 saturated heterocycles. The van der Waals surface area contributed by atoms with E-state index in [4.69, 9.17) is 11.6 Å². The van der Waals surface area contributed by atoms with Crippen molar-refractivity contribution >= 4 is 29.2 Å². The van der Waals surface area contributed by atoms with Gasteiger partial charge in [0.05, 0.1) is 17.3 Å². The number of amides is 1. The Morgan fingerprint density at radius 2 is 2.00 bits per heavy atom. The van der Waals surface area contributed by atoms with Gasteiger partial charge in [-0.3, -0.25) is 9.59 Å². The molecule has 0 aliphatic heterocycles. The lowest BCUT2D eigenvalue weighted by Crippen LogP contribution is -2.34. The Morgan fingerprint density at radius 1 is 1.40 bits per heavy atom. The summed E-state index contributed by atoms with van der Waals surface area (Å²) in [5.74, 6) is -1.28. The lowest BCUT2D eigenvalue weighted by Gasteiger charge is -2.25. The molecule has 2 N–H and O–H groups in total. The first-order valence-corrected chi connectivity index (χ1v) is 6.88. The third-order valence-corrected chi connectivity index (χ3v) is 4.00. The highest BCUT2D eigenvalue weighted by atomic mass is 35.5. The number of hydrogen-bond donors (Lipinski definition) is 2. The second-order valence-electron chi connectivity index (χ2n) is 4.85. The van der Waals surface area contributed by atoms with Crippen LogP contribution in [0.5, 0.6) is 0 Å². The van der Waals surface area contributed by atoms with E-state index in [2.05, 4.69) is 10.3 Å². The standard InChI is InChI=1S/C14H19ClN2O3/c1-4-14(5-2,13(19)20)7-11(18)17-10-6-9(3)12(15)16-8-10/h6,8H,4-5,7H2,1-3H3,(H,17,18)(H,19,20). The Hall–Kier alpha value is -1.62. The van der Waals surface area contributed by atoms with Gasteiger partial charge in [0, 0.05) is 6.42 Å². The van der Waals surface area contributed by atoms with E-state index in [-0.39, 0.29) is 12.3 Å². The summed E-state index contributed by atoms with van der Waals surface area (Å²) in [6.07, 6.45) is 2.21. The lowest BCUT2D eigenvalue weighted by atomic mass is 9.79. The van der Waals surface area contributed by atoms with Crippen molar-refractivity contribution < 1.29 is 14.7 Å². The molecule has 20 heavy (non-hydrogen) atoms. The van der Waals surface area contributed by atoms with Gasteiger partial charge in [-0.15, -0.1) is 0 Å². The number of rotatable bonds is 6. The van der Waals surface area contributed by atoms with E-state index in [9.17, 15) is 14.7 Å². The predicted octanol–water partition coefficient (Wildman–Crippen LogP) is 3.26. The zero-order chi connectivity index (χ0) is 15.3. The summed E-state index contributed by atoms with van der Waals surface area (Å²) >= 11 is 5.81. The number of anilines is 1. The second kappa shape index (κ2) is 6.70. The number of nitrogens with one attached hydrogen (secondary N) is 1. The molecule has 5 nitrogen and oxygen atoms in total. The van der Waals surface area contributed by atoms with E-state index in [1.807, 2.05) is 0 Å². The average molecular weight is 299 g/mol. The van der Waals surface area contributed by atoms with Crippen LogP contribution in [0.1, 0.15) is 38.7 Å². The smallest absolute Gasteiger partial charge is 0.310 e. The largest absolute Gasteiger partial charge is 0.481 e. The molecule has 1 rings (SSSR count). The summed E-state index contributed by atoms with van der Waals surface area (Å²) in [5, 5.41) is 12.4. The number of halogens is 1. The highest BCUT2D eigenvalue weighted by molar-refractivity contribution is 6.30. The van der Waals surface area contributed by atoms with Crippen LogP contribution in [0.4, 0.5) is 5.69 Å². The fraction of sp³-hybridized carbons (Fsp3) is 0.500. The van der Waals surface area contributed by atoms with Crippen molar-refractivity contribution in [2.45, 2.75) is 40.0 Å². The summed E-state index contributed by atoms with van der Waals surface area (Å²) in [6, 6.07) is 1.70. The van der Waals surface area contributed by atoms with Crippen molar-refractivity contribution in [3.63, 3.8) is 0 Å². The molecule has 1 aromatic rings. The van der Waals surface area contributed by atoms with Gasteiger partial charge < -0.3 is 10.4 Å². The number of carboxylic acids is 1. The minimum atomic E-state index is -1.01. The number of carbonyl (C=O) groups excluding carboxylic acids is 1. The monoisotopic (exact) mass is 298 g/mol. The minimum Gasteiger partial charge on any atom is -0.481 e. The van der Waals surface area contributed by atoms with Crippen molar-refractivity contribution in [1.29, 1.82) is 0 Å². The first-order valence-electron chi connectivity index (χ1n) is 6.50. The molecular formula is C14H19ClN2O3. The van der Waals surface area contributed by atoms with Crippen LogP contribution in [0.2, 0.25) is 5.15 Å². The van der Waals surface area contributed by atoms with Crippen molar-refractivity contribution in [3.8, 4) is 0 Å². The van der Waals surface area contributed by atoms with E-state index < -0.39 is 11.4 Å². The van der Waals surface area contributed by atoms with Gasteiger partial charge in [0.1, 0.15) is 5.15 Å². The third-order valence-electron chi connectivity index (χ3n) is 3.60. The number of carbonyl (C=O) groups is 2. The summed E-state index contributed by atoms with van der Waals surface area (Å²) in [5.41, 5.74) is 0.252. The van der Waals surface area contributed by atoms with Crippen LogP contribution >= 0.6 is 11.6 Å². The lowest BCUT2D eigenvalue weighted by molar-refractivity contribution is -0.151. The molecule has 0 aromatic carbocycles. The first-order chi connectivity index (χ1) is 9.34. The molecule has 0 unspecified atom stereocenters. The second-order valence-corrected chi connectivity index (χ2v) is 5.21. The molecule has 1 aromatic heterocycles. The number of aliphatic carboxylic acids is 1. The van der Waals surface area contributed by atoms with Gasteiger partial charge in [-0.1, -0.05) is 25.4 Å². The first kappa shape index (κ1) is 16.4. The van der Waals surface area contributed by atoms with Gasteiger partial charge in [-0.2, -0.15) is 0 Å². The summed E-state index contributed by atoms with van der Waals surface area (Å²) in [7, 11) is 0. The Morgan fingerprint density at radius 3 is 2.45 bits per heavy atom. The molecule has 0 radical (unpaired) electrons. The van der Waals surface area contributed by atoms with Crippen molar-refractivity contribution in [1.82, 2.24) is 4.98 Å². The van der Waals surface area contributed by atoms with Gasteiger partial charge in [0.25, 0.3) is 0 Å². The Bertz CT molecular complexity index is 513. The number of nitrogens with zero attached hydrogens (tertiary/aromatic N) is 1. The summed E-state index contributed by atoms with van der Waals surface area (Å²) in [4.78, 5) is 27.3. The van der Waals surface area contributed by atoms with E-state index in [0.717, 1.165) is 5.56 Å². The molecule has 6 heteroatoms. The molecular weight excluding hydrogens is 280 g/mol. The number of aryl methyl sites for hydroxylation is 1. The number of pyridine rings is 1. The molecule has 1 heterocycles. The van der Waals surface area contributed by atoms with E-state index in [1.165, 1.54) is 6.20 Å². The average Bonchev–Trinajstić information content (AvgIpc) is 2.40. The molecule has 0 bridgehead atoms. The molecule has 1 amide bonds. The van der Waals surface area contributed by atoms with Crippen LogP contribution < -0.4 is 5.32 Å². The highest BCUT2D eigenvalue weighted by Gasteiger charge is 2.37. The van der Waals surface area contributed by atoms with Crippen LogP contribution in [0.15, 0.2) is 12.3 Å². The van der Waals surface area contributed by atoms with Crippen molar-refractivity contribution in [2.24, 2.45) is 5.41 Å². The fourth-order valence-corrected chi connectivity index (χ4v) is 2.12. The number of carboxylic acid groups (broad SMARTS) is 1. The number of aromatic nitrogens is 1. The highest BCUT2D eigenvalue weighted by Crippen LogP contribution is 2.31. The van der Waals surface area contributed by atoms with Gasteiger partial charge in [-0.25, -0.2) is 4.98 Å². The SMILES string of the molecule is CCC(CC)(CC(=O)Nc1cnc(Cl)c(C)c1)C(=O)O. The van der Waals surface area contributed by atoms with Crippen molar-refractivity contribution in [2.75, 3.05) is 5.32 Å². The normalized spacial score (nSPS) is 11.2. The Labute approximate surface area is 123 Å². The van der Waals surface area contributed by atoms with E-state index in [1.54, 1.807) is 26.8 Å². The maximum absolute atomic E-state index is 12.0. The maximum atomic E-state index is 12.0. The van der Waals surface area contributed by atoms with Gasteiger partial charge >= 0.3 is 5.97 Å². The molecule has 0 aliphatic rings. The summed E-state index contributed by atoms with van der Waals surface area (Å²) in [6.45, 7) is 5.34. The van der Waals surface area contributed by atoms with Gasteiger partial charge in [0.2, 0.25) is 5.91 Å². The summed E-state index contributed by atoms with van der Waals surface area (Å²) < 4.78 is 0. The van der Waals surface area contributed by atoms with Crippen LogP contribution in [0.3, 0.4) is 0 Å². The topological polar surface area (TPSA) is 79.3 Å². The molecule has 0 saturated carbocycles. The van der Waals surface area contributed by atoms with Gasteiger partial charge in [-0.05, 0) is 31.4 Å². The van der Waals surface area contributed by atoms with Crippen LogP contribution in [0.25, 0.3) is 0 Å². The molecule has 110 valence electrons. The molecule has 0 spiro atoms. The van der Waals surface area contributed by atoms with Crippen LogP contribution in [-0.2, 0) is 9.59 Å². The minimum absolute atomic E-state index is 0.0585. The predicted molar refractivity (Wildman–Crippen MR) is 77.9 cm³/mol. The molecule has 0 aliphatic carbocycles. The van der Waals surface area contributed by atoms with E-state index >= 15 is 0 Å². The zero-order valence-electron chi connectivity index (χ0n) is 11.9.